The van der Waals surface area contributed by atoms with Gasteiger partial charge in [-0.15, -0.1) is 0 Å². The lowest BCUT2D eigenvalue weighted by atomic mass is 10.1. The molecule has 0 aliphatic carbocycles. The Labute approximate surface area is 91.6 Å². The van der Waals surface area contributed by atoms with Crippen LogP contribution in [0.25, 0.3) is 11.0 Å². The molecule has 0 bridgehead atoms. The van der Waals surface area contributed by atoms with E-state index in [1.54, 1.807) is 32.2 Å². The first-order valence-corrected chi connectivity index (χ1v) is 4.78. The number of furan rings is 1. The van der Waals surface area contributed by atoms with E-state index >= 15 is 0 Å². The number of rotatable bonds is 2. The van der Waals surface area contributed by atoms with Crippen molar-refractivity contribution in [2.24, 2.45) is 0 Å². The molecule has 78 valence electrons. The van der Waals surface area contributed by atoms with Crippen molar-refractivity contribution in [1.82, 2.24) is 0 Å². The molecule has 2 rings (SSSR count). The van der Waals surface area contributed by atoms with Crippen LogP contribution in [-0.2, 0) is 0 Å². The van der Waals surface area contributed by atoms with E-state index in [2.05, 4.69) is 0 Å². The normalized spacial score (nSPS) is 10.6. The number of carbonyl (C=O) groups excluding carboxylic acids is 1. The van der Waals surface area contributed by atoms with Gasteiger partial charge in [0.1, 0.15) is 17.1 Å². The molecule has 0 aliphatic rings. The van der Waals surface area contributed by atoms with Crippen molar-refractivity contribution in [1.29, 1.82) is 0 Å². The zero-order chi connectivity index (χ0) is 11.0. The van der Waals surface area contributed by atoms with Gasteiger partial charge in [-0.25, -0.2) is 0 Å². The molecule has 15 heavy (non-hydrogen) atoms. The Morgan fingerprint density at radius 3 is 2.80 bits per heavy atom. The predicted molar refractivity (Wildman–Crippen MR) is 57.7 cm³/mol. The molecule has 0 saturated heterocycles. The molecule has 0 atom stereocenters. The van der Waals surface area contributed by atoms with Gasteiger partial charge in [-0.05, 0) is 30.7 Å². The lowest BCUT2D eigenvalue weighted by Gasteiger charge is -1.97. The molecular formula is C11H9ClO3. The number of carbonyl (C=O) groups is 1. The van der Waals surface area contributed by atoms with Crippen LogP contribution in [0.1, 0.15) is 16.1 Å². The molecule has 3 nitrogen and oxygen atoms in total. The van der Waals surface area contributed by atoms with Crippen LogP contribution in [0, 0.1) is 6.92 Å². The van der Waals surface area contributed by atoms with Crippen LogP contribution in [0.2, 0.25) is 0 Å². The largest absolute Gasteiger partial charge is 0.497 e. The van der Waals surface area contributed by atoms with Crippen molar-refractivity contribution in [3.8, 4) is 5.75 Å². The summed E-state index contributed by atoms with van der Waals surface area (Å²) in [5.74, 6) is 1.21. The van der Waals surface area contributed by atoms with Crippen LogP contribution in [0.15, 0.2) is 22.6 Å². The quantitative estimate of drug-likeness (QED) is 0.736. The van der Waals surface area contributed by atoms with Gasteiger partial charge in [0, 0.05) is 11.5 Å². The molecule has 1 heterocycles. The molecule has 0 aliphatic heterocycles. The van der Waals surface area contributed by atoms with Crippen molar-refractivity contribution >= 4 is 27.8 Å². The van der Waals surface area contributed by atoms with E-state index < -0.39 is 5.24 Å². The zero-order valence-electron chi connectivity index (χ0n) is 8.33. The second-order valence-electron chi connectivity index (χ2n) is 3.17. The van der Waals surface area contributed by atoms with Gasteiger partial charge < -0.3 is 9.15 Å². The fraction of sp³-hybridized carbons (Fsp3) is 0.182. The Balaban J connectivity index is 2.74. The number of hydrogen-bond donors (Lipinski definition) is 0. The van der Waals surface area contributed by atoms with Gasteiger partial charge in [-0.2, -0.15) is 0 Å². The average molecular weight is 225 g/mol. The summed E-state index contributed by atoms with van der Waals surface area (Å²) >= 11 is 5.47. The Morgan fingerprint density at radius 2 is 2.20 bits per heavy atom. The molecule has 0 spiro atoms. The summed E-state index contributed by atoms with van der Waals surface area (Å²) in [7, 11) is 1.57. The summed E-state index contributed by atoms with van der Waals surface area (Å²) < 4.78 is 10.5. The first kappa shape index (κ1) is 10.1. The van der Waals surface area contributed by atoms with Gasteiger partial charge in [-0.3, -0.25) is 4.79 Å². The monoisotopic (exact) mass is 224 g/mol. The van der Waals surface area contributed by atoms with E-state index in [1.165, 1.54) is 0 Å². The Morgan fingerprint density at radius 1 is 1.47 bits per heavy atom. The van der Waals surface area contributed by atoms with Crippen LogP contribution < -0.4 is 4.74 Å². The SMILES string of the molecule is COc1ccc2c(C(=O)Cl)c(C)oc2c1. The van der Waals surface area contributed by atoms with Crippen LogP contribution in [0.5, 0.6) is 5.75 Å². The second-order valence-corrected chi connectivity index (χ2v) is 3.51. The molecule has 1 aromatic carbocycles. The van der Waals surface area contributed by atoms with Crippen LogP contribution in [-0.4, -0.2) is 12.4 Å². The number of benzene rings is 1. The lowest BCUT2D eigenvalue weighted by Crippen LogP contribution is -1.89. The highest BCUT2D eigenvalue weighted by molar-refractivity contribution is 6.68. The fourth-order valence-corrected chi connectivity index (χ4v) is 1.81. The number of methoxy groups -OCH3 is 1. The van der Waals surface area contributed by atoms with Gasteiger partial charge >= 0.3 is 0 Å². The summed E-state index contributed by atoms with van der Waals surface area (Å²) in [5, 5.41) is 0.213. The molecule has 0 radical (unpaired) electrons. The number of fused-ring (bicyclic) bond motifs is 1. The van der Waals surface area contributed by atoms with Gasteiger partial charge in [0.15, 0.2) is 0 Å². The third-order valence-electron chi connectivity index (χ3n) is 2.27. The minimum Gasteiger partial charge on any atom is -0.497 e. The minimum atomic E-state index is -0.503. The standard InChI is InChI=1S/C11H9ClO3/c1-6-10(11(12)13)8-4-3-7(14-2)5-9(8)15-6/h3-5H,1-2H3. The van der Waals surface area contributed by atoms with Crippen molar-refractivity contribution in [3.05, 3.63) is 29.5 Å². The summed E-state index contributed by atoms with van der Waals surface area (Å²) in [6.45, 7) is 1.71. The highest BCUT2D eigenvalue weighted by Gasteiger charge is 2.16. The van der Waals surface area contributed by atoms with E-state index in [4.69, 9.17) is 20.8 Å². The maximum Gasteiger partial charge on any atom is 0.256 e. The fourth-order valence-electron chi connectivity index (χ4n) is 1.57. The Bertz CT molecular complexity index is 528. The Kier molecular flexibility index (Phi) is 2.40. The lowest BCUT2D eigenvalue weighted by molar-refractivity contribution is 0.108. The van der Waals surface area contributed by atoms with E-state index in [0.717, 1.165) is 0 Å². The molecule has 2 aromatic rings. The maximum absolute atomic E-state index is 11.2. The van der Waals surface area contributed by atoms with Crippen molar-refractivity contribution in [2.75, 3.05) is 7.11 Å². The van der Waals surface area contributed by atoms with E-state index in [0.29, 0.717) is 28.0 Å². The van der Waals surface area contributed by atoms with Gasteiger partial charge in [0.2, 0.25) is 0 Å². The Hall–Kier alpha value is -1.48. The van der Waals surface area contributed by atoms with Crippen molar-refractivity contribution in [3.63, 3.8) is 0 Å². The summed E-state index contributed by atoms with van der Waals surface area (Å²) in [5.41, 5.74) is 1.03. The van der Waals surface area contributed by atoms with E-state index in [9.17, 15) is 4.79 Å². The minimum absolute atomic E-state index is 0.425. The van der Waals surface area contributed by atoms with Gasteiger partial charge in [-0.1, -0.05) is 0 Å². The molecule has 0 saturated carbocycles. The summed E-state index contributed by atoms with van der Waals surface area (Å²) in [4.78, 5) is 11.2. The summed E-state index contributed by atoms with van der Waals surface area (Å²) in [6.07, 6.45) is 0. The first-order valence-electron chi connectivity index (χ1n) is 4.40. The van der Waals surface area contributed by atoms with Crippen LogP contribution in [0.3, 0.4) is 0 Å². The molecular weight excluding hydrogens is 216 g/mol. The summed E-state index contributed by atoms with van der Waals surface area (Å²) in [6, 6.07) is 5.26. The third-order valence-corrected chi connectivity index (χ3v) is 2.46. The molecule has 0 unspecified atom stereocenters. The van der Waals surface area contributed by atoms with Crippen LogP contribution in [0.4, 0.5) is 0 Å². The number of aryl methyl sites for hydroxylation is 1. The van der Waals surface area contributed by atoms with E-state index in [-0.39, 0.29) is 0 Å². The smallest absolute Gasteiger partial charge is 0.256 e. The molecule has 4 heteroatoms. The predicted octanol–water partition coefficient (Wildman–Crippen LogP) is 3.13. The molecule has 1 aromatic heterocycles. The average Bonchev–Trinajstić information content (AvgIpc) is 2.52. The maximum atomic E-state index is 11.2. The second kappa shape index (κ2) is 3.59. The highest BCUT2D eigenvalue weighted by atomic mass is 35.5. The number of halogens is 1. The topological polar surface area (TPSA) is 39.4 Å². The first-order chi connectivity index (χ1) is 7.13. The van der Waals surface area contributed by atoms with Gasteiger partial charge in [0.05, 0.1) is 12.7 Å². The number of hydrogen-bond acceptors (Lipinski definition) is 3. The van der Waals surface area contributed by atoms with Crippen molar-refractivity contribution < 1.29 is 13.9 Å². The van der Waals surface area contributed by atoms with Crippen LogP contribution >= 0.6 is 11.6 Å². The van der Waals surface area contributed by atoms with Gasteiger partial charge in [0.25, 0.3) is 5.24 Å². The van der Waals surface area contributed by atoms with Crippen molar-refractivity contribution in [2.45, 2.75) is 6.92 Å². The molecule has 0 N–H and O–H groups in total. The highest BCUT2D eigenvalue weighted by Crippen LogP contribution is 2.29. The number of ether oxygens (including phenoxy) is 1. The zero-order valence-corrected chi connectivity index (χ0v) is 9.09. The molecule has 0 amide bonds. The molecule has 0 fully saturated rings. The third kappa shape index (κ3) is 1.59. The van der Waals surface area contributed by atoms with E-state index in [1.807, 2.05) is 0 Å².